The number of ether oxygens (including phenoxy) is 1. The van der Waals surface area contributed by atoms with Gasteiger partial charge < -0.3 is 4.74 Å². The number of hydrogen-bond donors (Lipinski definition) is 0. The Labute approximate surface area is 155 Å². The van der Waals surface area contributed by atoms with Crippen LogP contribution >= 0.6 is 35.0 Å². The molecule has 2 aromatic carbocycles. The van der Waals surface area contributed by atoms with Crippen LogP contribution in [0.1, 0.15) is 10.9 Å². The van der Waals surface area contributed by atoms with Gasteiger partial charge in [-0.25, -0.2) is 0 Å². The van der Waals surface area contributed by atoms with Gasteiger partial charge in [0.1, 0.15) is 17.7 Å². The summed E-state index contributed by atoms with van der Waals surface area (Å²) in [4.78, 5) is 14.2. The monoisotopic (exact) mass is 379 g/mol. The second-order valence-electron chi connectivity index (χ2n) is 5.19. The predicted molar refractivity (Wildman–Crippen MR) is 101 cm³/mol. The van der Waals surface area contributed by atoms with Crippen LogP contribution in [0.4, 0.5) is 5.69 Å². The first-order valence-electron chi connectivity index (χ1n) is 7.32. The first-order chi connectivity index (χ1) is 11.6. The molecule has 1 aliphatic heterocycles. The second-order valence-corrected chi connectivity index (χ2v) is 7.13. The zero-order chi connectivity index (χ0) is 17.1. The van der Waals surface area contributed by atoms with Crippen molar-refractivity contribution < 1.29 is 9.53 Å². The van der Waals surface area contributed by atoms with E-state index in [4.69, 9.17) is 27.9 Å². The molecular formula is C18H15Cl2NO2S. The smallest absolute Gasteiger partial charge is 0.238 e. The summed E-state index contributed by atoms with van der Waals surface area (Å²) >= 11 is 13.7. The zero-order valence-electron chi connectivity index (χ0n) is 12.7. The second kappa shape index (κ2) is 7.51. The van der Waals surface area contributed by atoms with Crippen molar-refractivity contribution in [3.05, 3.63) is 70.7 Å². The summed E-state index contributed by atoms with van der Waals surface area (Å²) in [6.45, 7) is 4.06. The summed E-state index contributed by atoms with van der Waals surface area (Å²) in [7, 11) is 0. The van der Waals surface area contributed by atoms with E-state index in [2.05, 4.69) is 6.58 Å². The molecule has 0 N–H and O–H groups in total. The number of nitrogens with zero attached hydrogens (tertiary/aromatic N) is 1. The van der Waals surface area contributed by atoms with Crippen molar-refractivity contribution in [2.75, 3.05) is 17.3 Å². The van der Waals surface area contributed by atoms with E-state index in [9.17, 15) is 4.79 Å². The number of carbonyl (C=O) groups is 1. The molecule has 1 heterocycles. The predicted octanol–water partition coefficient (Wildman–Crippen LogP) is 5.34. The molecule has 1 saturated heterocycles. The molecule has 1 amide bonds. The first-order valence-corrected chi connectivity index (χ1v) is 9.13. The fourth-order valence-corrected chi connectivity index (χ4v) is 4.03. The van der Waals surface area contributed by atoms with E-state index < -0.39 is 0 Å². The average molecular weight is 380 g/mol. The van der Waals surface area contributed by atoms with Crippen LogP contribution in [0.2, 0.25) is 10.0 Å². The van der Waals surface area contributed by atoms with Crippen molar-refractivity contribution in [3.8, 4) is 5.75 Å². The van der Waals surface area contributed by atoms with Crippen LogP contribution in [0.15, 0.2) is 55.1 Å². The molecule has 0 unspecified atom stereocenters. The number of rotatable bonds is 5. The number of amides is 1. The molecule has 0 spiro atoms. The maximum Gasteiger partial charge on any atom is 0.238 e. The lowest BCUT2D eigenvalue weighted by Gasteiger charge is -2.26. The van der Waals surface area contributed by atoms with Gasteiger partial charge in [0.15, 0.2) is 0 Å². The number of benzene rings is 2. The summed E-state index contributed by atoms with van der Waals surface area (Å²) in [6, 6.07) is 12.7. The maximum absolute atomic E-state index is 12.4. The highest BCUT2D eigenvalue weighted by atomic mass is 35.5. The van der Waals surface area contributed by atoms with E-state index in [0.29, 0.717) is 28.2 Å². The SMILES string of the molecule is C=CCOc1ccc(Cl)cc1[C@H]1SCC(=O)N1c1ccc(Cl)cc1. The maximum atomic E-state index is 12.4. The van der Waals surface area contributed by atoms with Gasteiger partial charge in [-0.3, -0.25) is 9.69 Å². The van der Waals surface area contributed by atoms with E-state index in [0.717, 1.165) is 11.3 Å². The molecule has 1 atom stereocenters. The minimum atomic E-state index is -0.197. The van der Waals surface area contributed by atoms with Crippen molar-refractivity contribution in [3.63, 3.8) is 0 Å². The zero-order valence-corrected chi connectivity index (χ0v) is 15.1. The molecule has 6 heteroatoms. The molecular weight excluding hydrogens is 365 g/mol. The molecule has 3 rings (SSSR count). The average Bonchev–Trinajstić information content (AvgIpc) is 2.96. The minimum absolute atomic E-state index is 0.0435. The molecule has 0 aromatic heterocycles. The molecule has 124 valence electrons. The van der Waals surface area contributed by atoms with Crippen LogP contribution in [0.3, 0.4) is 0 Å². The minimum Gasteiger partial charge on any atom is -0.489 e. The standard InChI is InChI=1S/C18H15Cl2NO2S/c1-2-9-23-16-8-5-13(20)10-15(16)18-21(17(22)11-24-18)14-6-3-12(19)4-7-14/h2-8,10,18H,1,9,11H2/t18-/m1/s1. The highest BCUT2D eigenvalue weighted by Crippen LogP contribution is 2.45. The molecule has 3 nitrogen and oxygen atoms in total. The normalized spacial score (nSPS) is 17.2. The number of hydrogen-bond acceptors (Lipinski definition) is 3. The summed E-state index contributed by atoms with van der Waals surface area (Å²) in [5, 5.41) is 1.04. The van der Waals surface area contributed by atoms with Crippen LogP contribution in [0, 0.1) is 0 Å². The van der Waals surface area contributed by atoms with E-state index in [1.165, 1.54) is 0 Å². The van der Waals surface area contributed by atoms with Gasteiger partial charge in [0.2, 0.25) is 5.91 Å². The van der Waals surface area contributed by atoms with E-state index in [1.54, 1.807) is 40.9 Å². The Kier molecular flexibility index (Phi) is 5.39. The van der Waals surface area contributed by atoms with Crippen molar-refractivity contribution in [2.45, 2.75) is 5.37 Å². The highest BCUT2D eigenvalue weighted by molar-refractivity contribution is 8.00. The molecule has 0 saturated carbocycles. The van der Waals surface area contributed by atoms with Gasteiger partial charge in [0, 0.05) is 21.3 Å². The van der Waals surface area contributed by atoms with Gasteiger partial charge in [0.05, 0.1) is 5.75 Å². The molecule has 1 fully saturated rings. The Morgan fingerprint density at radius 1 is 1.21 bits per heavy atom. The third-order valence-corrected chi connectivity index (χ3v) is 5.25. The Morgan fingerprint density at radius 2 is 1.92 bits per heavy atom. The van der Waals surface area contributed by atoms with Gasteiger partial charge in [0.25, 0.3) is 0 Å². The Balaban J connectivity index is 2.00. The molecule has 2 aromatic rings. The first kappa shape index (κ1) is 17.2. The molecule has 1 aliphatic rings. The van der Waals surface area contributed by atoms with Crippen molar-refractivity contribution >= 4 is 46.6 Å². The van der Waals surface area contributed by atoms with E-state index in [1.807, 2.05) is 24.3 Å². The van der Waals surface area contributed by atoms with Crippen molar-refractivity contribution in [1.82, 2.24) is 0 Å². The highest BCUT2D eigenvalue weighted by Gasteiger charge is 2.35. The third kappa shape index (κ3) is 3.56. The lowest BCUT2D eigenvalue weighted by molar-refractivity contribution is -0.115. The van der Waals surface area contributed by atoms with Crippen LogP contribution < -0.4 is 9.64 Å². The molecule has 24 heavy (non-hydrogen) atoms. The van der Waals surface area contributed by atoms with Crippen LogP contribution in [-0.2, 0) is 4.79 Å². The van der Waals surface area contributed by atoms with E-state index in [-0.39, 0.29) is 11.3 Å². The van der Waals surface area contributed by atoms with Gasteiger partial charge >= 0.3 is 0 Å². The van der Waals surface area contributed by atoms with Gasteiger partial charge in [-0.05, 0) is 42.5 Å². The van der Waals surface area contributed by atoms with Crippen LogP contribution in [0.5, 0.6) is 5.75 Å². The quantitative estimate of drug-likeness (QED) is 0.656. The lowest BCUT2D eigenvalue weighted by atomic mass is 10.1. The summed E-state index contributed by atoms with van der Waals surface area (Å²) in [6.07, 6.45) is 1.68. The molecule has 0 bridgehead atoms. The summed E-state index contributed by atoms with van der Waals surface area (Å²) in [5.74, 6) is 1.15. The number of anilines is 1. The van der Waals surface area contributed by atoms with Gasteiger partial charge in [-0.15, -0.1) is 11.8 Å². The van der Waals surface area contributed by atoms with Gasteiger partial charge in [-0.2, -0.15) is 0 Å². The number of halogens is 2. The summed E-state index contributed by atoms with van der Waals surface area (Å²) in [5.41, 5.74) is 1.67. The Bertz CT molecular complexity index is 764. The Morgan fingerprint density at radius 3 is 2.62 bits per heavy atom. The molecule has 0 aliphatic carbocycles. The lowest BCUT2D eigenvalue weighted by Crippen LogP contribution is -2.28. The summed E-state index contributed by atoms with van der Waals surface area (Å²) < 4.78 is 5.74. The third-order valence-electron chi connectivity index (χ3n) is 3.57. The van der Waals surface area contributed by atoms with Crippen molar-refractivity contribution in [2.24, 2.45) is 0 Å². The topological polar surface area (TPSA) is 29.5 Å². The Hall–Kier alpha value is -1.62. The van der Waals surface area contributed by atoms with Crippen molar-refractivity contribution in [1.29, 1.82) is 0 Å². The number of thioether (sulfide) groups is 1. The van der Waals surface area contributed by atoms with Crippen LogP contribution in [-0.4, -0.2) is 18.3 Å². The van der Waals surface area contributed by atoms with E-state index >= 15 is 0 Å². The fourth-order valence-electron chi connectivity index (χ4n) is 2.53. The van der Waals surface area contributed by atoms with Gasteiger partial charge in [-0.1, -0.05) is 35.9 Å². The molecule has 0 radical (unpaired) electrons. The number of carbonyl (C=O) groups excluding carboxylic acids is 1. The largest absolute Gasteiger partial charge is 0.489 e. The fraction of sp³-hybridized carbons (Fsp3) is 0.167. The van der Waals surface area contributed by atoms with Crippen LogP contribution in [0.25, 0.3) is 0 Å².